The molecule has 0 bridgehead atoms. The van der Waals surface area contributed by atoms with Crippen molar-refractivity contribution in [3.05, 3.63) is 36.0 Å². The minimum atomic E-state index is -0.885. The third-order valence-corrected chi connectivity index (χ3v) is 3.83. The normalized spacial score (nSPS) is 26.6. The smallest absolute Gasteiger partial charge is 0.328 e. The molecule has 0 aromatic carbocycles. The average molecular weight is 276 g/mol. The summed E-state index contributed by atoms with van der Waals surface area (Å²) in [5.41, 5.74) is 1.24. The molecule has 0 aliphatic heterocycles. The van der Waals surface area contributed by atoms with Crippen LogP contribution >= 0.6 is 0 Å². The number of carbonyl (C=O) groups is 1. The van der Waals surface area contributed by atoms with Crippen molar-refractivity contribution in [2.45, 2.75) is 64.7 Å². The standard InChI is InChI=1S/C18H28O2/c1-16-10-6-4-2-3-5-7-12-17(13-8-11-16)14-9-15-18(19)20/h8-9,13-16H,2-7,10-12H2,1H3,(H,19,20)/b13-8+,15-9+,17-14+. The lowest BCUT2D eigenvalue weighted by Gasteiger charge is -2.07. The van der Waals surface area contributed by atoms with Gasteiger partial charge in [0.1, 0.15) is 0 Å². The topological polar surface area (TPSA) is 37.3 Å². The highest BCUT2D eigenvalue weighted by atomic mass is 16.4. The highest BCUT2D eigenvalue weighted by Crippen LogP contribution is 2.19. The molecule has 0 spiro atoms. The lowest BCUT2D eigenvalue weighted by atomic mass is 9.99. The van der Waals surface area contributed by atoms with Crippen LogP contribution in [0, 0.1) is 5.92 Å². The number of carboxylic acid groups (broad SMARTS) is 1. The van der Waals surface area contributed by atoms with Crippen molar-refractivity contribution >= 4 is 5.97 Å². The molecule has 20 heavy (non-hydrogen) atoms. The molecule has 1 unspecified atom stereocenters. The fraction of sp³-hybridized carbons (Fsp3) is 0.611. The molecule has 0 fully saturated rings. The predicted octanol–water partition coefficient (Wildman–Crippen LogP) is 5.27. The average Bonchev–Trinajstić information content (AvgIpc) is 2.41. The van der Waals surface area contributed by atoms with Crippen LogP contribution in [-0.4, -0.2) is 11.1 Å². The van der Waals surface area contributed by atoms with E-state index in [1.807, 2.05) is 6.08 Å². The molecule has 1 atom stereocenters. The van der Waals surface area contributed by atoms with Crippen LogP contribution in [0.2, 0.25) is 0 Å². The van der Waals surface area contributed by atoms with Crippen molar-refractivity contribution in [1.82, 2.24) is 0 Å². The van der Waals surface area contributed by atoms with E-state index in [0.29, 0.717) is 0 Å². The van der Waals surface area contributed by atoms with E-state index in [-0.39, 0.29) is 0 Å². The highest BCUT2D eigenvalue weighted by Gasteiger charge is 2.01. The van der Waals surface area contributed by atoms with Crippen LogP contribution in [0.15, 0.2) is 36.0 Å². The maximum Gasteiger partial charge on any atom is 0.328 e. The van der Waals surface area contributed by atoms with Crippen molar-refractivity contribution in [1.29, 1.82) is 0 Å². The second-order valence-corrected chi connectivity index (χ2v) is 5.84. The van der Waals surface area contributed by atoms with Gasteiger partial charge in [0.15, 0.2) is 0 Å². The second kappa shape index (κ2) is 10.5. The molecular formula is C18H28O2. The van der Waals surface area contributed by atoms with Gasteiger partial charge in [0.25, 0.3) is 0 Å². The third kappa shape index (κ3) is 8.73. The third-order valence-electron chi connectivity index (χ3n) is 3.83. The Labute approximate surface area is 123 Å². The molecular weight excluding hydrogens is 248 g/mol. The van der Waals surface area contributed by atoms with E-state index in [9.17, 15) is 4.79 Å². The summed E-state index contributed by atoms with van der Waals surface area (Å²) in [4.78, 5) is 10.5. The first kappa shape index (κ1) is 16.7. The van der Waals surface area contributed by atoms with Crippen molar-refractivity contribution in [3.63, 3.8) is 0 Å². The van der Waals surface area contributed by atoms with Gasteiger partial charge in [0, 0.05) is 6.08 Å². The van der Waals surface area contributed by atoms with Gasteiger partial charge >= 0.3 is 5.97 Å². The molecule has 112 valence electrons. The number of rotatable bonds is 2. The zero-order valence-corrected chi connectivity index (χ0v) is 12.7. The Bertz CT molecular complexity index is 364. The highest BCUT2D eigenvalue weighted by molar-refractivity contribution is 5.80. The summed E-state index contributed by atoms with van der Waals surface area (Å²) in [6.45, 7) is 2.32. The Kier molecular flexibility index (Phi) is 8.77. The number of aliphatic carboxylic acids is 1. The molecule has 2 heteroatoms. The number of hydrogen-bond acceptors (Lipinski definition) is 1. The summed E-state index contributed by atoms with van der Waals surface area (Å²) in [7, 11) is 0. The van der Waals surface area contributed by atoms with Gasteiger partial charge in [-0.3, -0.25) is 0 Å². The summed E-state index contributed by atoms with van der Waals surface area (Å²) in [5.74, 6) is -0.132. The summed E-state index contributed by atoms with van der Waals surface area (Å²) < 4.78 is 0. The summed E-state index contributed by atoms with van der Waals surface area (Å²) in [6.07, 6.45) is 20.6. The first-order valence-electron chi connectivity index (χ1n) is 7.95. The molecule has 0 heterocycles. The summed E-state index contributed by atoms with van der Waals surface area (Å²) >= 11 is 0. The molecule has 0 saturated heterocycles. The molecule has 0 radical (unpaired) electrons. The number of allylic oxidation sites excluding steroid dienone is 5. The quantitative estimate of drug-likeness (QED) is 0.697. The van der Waals surface area contributed by atoms with E-state index in [0.717, 1.165) is 18.8 Å². The lowest BCUT2D eigenvalue weighted by molar-refractivity contribution is -0.131. The molecule has 2 nitrogen and oxygen atoms in total. The SMILES string of the molecule is CC1C/C=C/C(=C/C=C/C(=O)O)CCCCCCCC1. The molecule has 1 N–H and O–H groups in total. The fourth-order valence-electron chi connectivity index (χ4n) is 2.57. The number of carboxylic acids is 1. The van der Waals surface area contributed by atoms with Crippen LogP contribution < -0.4 is 0 Å². The van der Waals surface area contributed by atoms with E-state index < -0.39 is 5.97 Å². The van der Waals surface area contributed by atoms with Crippen LogP contribution in [0.25, 0.3) is 0 Å². The molecule has 0 aromatic heterocycles. The Morgan fingerprint density at radius 2 is 1.90 bits per heavy atom. The maximum absolute atomic E-state index is 10.5. The first-order chi connectivity index (χ1) is 9.68. The van der Waals surface area contributed by atoms with Gasteiger partial charge in [-0.2, -0.15) is 0 Å². The second-order valence-electron chi connectivity index (χ2n) is 5.84. The summed E-state index contributed by atoms with van der Waals surface area (Å²) in [6, 6.07) is 0. The van der Waals surface area contributed by atoms with Crippen molar-refractivity contribution < 1.29 is 9.90 Å². The van der Waals surface area contributed by atoms with Crippen LogP contribution in [0.3, 0.4) is 0 Å². The zero-order valence-electron chi connectivity index (χ0n) is 12.7. The van der Waals surface area contributed by atoms with Crippen LogP contribution in [0.5, 0.6) is 0 Å². The fourth-order valence-corrected chi connectivity index (χ4v) is 2.57. The van der Waals surface area contributed by atoms with Gasteiger partial charge in [0.05, 0.1) is 0 Å². The first-order valence-corrected chi connectivity index (χ1v) is 7.95. The van der Waals surface area contributed by atoms with E-state index in [1.165, 1.54) is 56.6 Å². The minimum Gasteiger partial charge on any atom is -0.478 e. The van der Waals surface area contributed by atoms with Gasteiger partial charge in [-0.25, -0.2) is 4.79 Å². The molecule has 1 aliphatic rings. The molecule has 0 amide bonds. The van der Waals surface area contributed by atoms with Gasteiger partial charge in [-0.1, -0.05) is 69.8 Å². The minimum absolute atomic E-state index is 0.753. The molecule has 0 saturated carbocycles. The van der Waals surface area contributed by atoms with Crippen molar-refractivity contribution in [2.24, 2.45) is 5.92 Å². The van der Waals surface area contributed by atoms with E-state index in [4.69, 9.17) is 5.11 Å². The Morgan fingerprint density at radius 1 is 1.20 bits per heavy atom. The van der Waals surface area contributed by atoms with Crippen LogP contribution in [0.4, 0.5) is 0 Å². The van der Waals surface area contributed by atoms with Gasteiger partial charge in [0.2, 0.25) is 0 Å². The van der Waals surface area contributed by atoms with Gasteiger partial charge in [-0.05, 0) is 30.8 Å². The Hall–Kier alpha value is -1.31. The van der Waals surface area contributed by atoms with Crippen molar-refractivity contribution in [3.8, 4) is 0 Å². The van der Waals surface area contributed by atoms with E-state index >= 15 is 0 Å². The molecule has 1 rings (SSSR count). The van der Waals surface area contributed by atoms with Gasteiger partial charge < -0.3 is 5.11 Å². The molecule has 1 aliphatic carbocycles. The van der Waals surface area contributed by atoms with Crippen LogP contribution in [0.1, 0.15) is 64.7 Å². The van der Waals surface area contributed by atoms with E-state index in [1.54, 1.807) is 6.08 Å². The lowest BCUT2D eigenvalue weighted by Crippen LogP contribution is -1.92. The number of hydrogen-bond donors (Lipinski definition) is 1. The van der Waals surface area contributed by atoms with Crippen molar-refractivity contribution in [2.75, 3.05) is 0 Å². The Balaban J connectivity index is 2.61. The largest absolute Gasteiger partial charge is 0.478 e. The van der Waals surface area contributed by atoms with E-state index in [2.05, 4.69) is 19.1 Å². The Morgan fingerprint density at radius 3 is 2.65 bits per heavy atom. The monoisotopic (exact) mass is 276 g/mol. The zero-order chi connectivity index (χ0) is 14.6. The van der Waals surface area contributed by atoms with Gasteiger partial charge in [-0.15, -0.1) is 0 Å². The predicted molar refractivity (Wildman–Crippen MR) is 84.7 cm³/mol. The summed E-state index contributed by atoms with van der Waals surface area (Å²) in [5, 5.41) is 8.63. The molecule has 0 aromatic rings. The maximum atomic E-state index is 10.5. The van der Waals surface area contributed by atoms with Crippen LogP contribution in [-0.2, 0) is 4.79 Å².